The molecule has 2 atom stereocenters. The smallest absolute Gasteiger partial charge is 0.480 e. The van der Waals surface area contributed by atoms with Gasteiger partial charge in [-0.05, 0) is 47.8 Å². The van der Waals surface area contributed by atoms with Crippen molar-refractivity contribution in [3.63, 3.8) is 0 Å². The van der Waals surface area contributed by atoms with E-state index >= 15 is 0 Å². The Morgan fingerprint density at radius 3 is 1.83 bits per heavy atom. The number of aliphatic carboxylic acids is 1. The predicted molar refractivity (Wildman–Crippen MR) is 149 cm³/mol. The Balaban J connectivity index is 3.00. The van der Waals surface area contributed by atoms with Crippen LogP contribution in [0, 0.1) is 16.7 Å². The fraction of sp³-hybridized carbons (Fsp3) is 0.655. The molecule has 0 bridgehead atoms. The zero-order valence-corrected chi connectivity index (χ0v) is 25.5. The van der Waals surface area contributed by atoms with Crippen molar-refractivity contribution in [2.45, 2.75) is 80.9 Å². The number of benzene rings is 1. The van der Waals surface area contributed by atoms with Gasteiger partial charge in [0.25, 0.3) is 0 Å². The lowest BCUT2D eigenvalue weighted by Gasteiger charge is -2.20. The highest BCUT2D eigenvalue weighted by molar-refractivity contribution is 5.74. The Bertz CT molecular complexity index is 1020. The lowest BCUT2D eigenvalue weighted by Crippen LogP contribution is -2.42. The minimum absolute atomic E-state index is 0.0387. The summed E-state index contributed by atoms with van der Waals surface area (Å²) >= 11 is 0. The summed E-state index contributed by atoms with van der Waals surface area (Å²) in [6, 6.07) is 3.19. The van der Waals surface area contributed by atoms with Gasteiger partial charge in [0.1, 0.15) is 12.1 Å². The van der Waals surface area contributed by atoms with Crippen LogP contribution in [0.2, 0.25) is 0 Å². The number of carbonyl (C=O) groups is 4. The molecule has 41 heavy (non-hydrogen) atoms. The summed E-state index contributed by atoms with van der Waals surface area (Å²) in [7, 11) is 0. The molecule has 0 spiro atoms. The lowest BCUT2D eigenvalue weighted by molar-refractivity contribution is -0.139. The van der Waals surface area contributed by atoms with E-state index in [2.05, 4.69) is 5.32 Å². The Hall–Kier alpha value is -3.54. The summed E-state index contributed by atoms with van der Waals surface area (Å²) < 4.78 is 31.0. The van der Waals surface area contributed by atoms with Crippen LogP contribution in [0.25, 0.3) is 0 Å². The van der Waals surface area contributed by atoms with E-state index in [0.29, 0.717) is 5.56 Å². The SMILES string of the molecule is CC(C)COC(=O)OC(C)CN[C@@H](Cc1ccc(OC(=O)OCC(C)(C)C)c(OC(=O)OCC(C)(C)C)c1)C(=O)O. The van der Waals surface area contributed by atoms with Crippen molar-refractivity contribution in [2.24, 2.45) is 16.7 Å². The molecule has 0 aliphatic rings. The molecule has 1 rings (SSSR count). The number of hydrogen-bond donors (Lipinski definition) is 2. The van der Waals surface area contributed by atoms with Crippen LogP contribution in [0.3, 0.4) is 0 Å². The maximum absolute atomic E-state index is 12.4. The van der Waals surface area contributed by atoms with Crippen LogP contribution in [0.1, 0.15) is 67.9 Å². The van der Waals surface area contributed by atoms with Gasteiger partial charge < -0.3 is 38.8 Å². The fourth-order valence-corrected chi connectivity index (χ4v) is 2.90. The molecule has 1 unspecified atom stereocenters. The van der Waals surface area contributed by atoms with E-state index < -0.39 is 36.6 Å². The zero-order valence-electron chi connectivity index (χ0n) is 25.5. The van der Waals surface area contributed by atoms with E-state index in [1.165, 1.54) is 18.2 Å². The number of rotatable bonds is 13. The highest BCUT2D eigenvalue weighted by atomic mass is 16.7. The third kappa shape index (κ3) is 16.3. The largest absolute Gasteiger partial charge is 0.513 e. The van der Waals surface area contributed by atoms with Crippen LogP contribution in [-0.4, -0.2) is 68.1 Å². The molecule has 0 radical (unpaired) electrons. The van der Waals surface area contributed by atoms with Gasteiger partial charge in [0.15, 0.2) is 11.5 Å². The Labute approximate surface area is 241 Å². The summed E-state index contributed by atoms with van der Waals surface area (Å²) in [5, 5.41) is 12.6. The first-order valence-electron chi connectivity index (χ1n) is 13.5. The number of carbonyl (C=O) groups excluding carboxylic acids is 3. The van der Waals surface area contributed by atoms with Crippen LogP contribution in [0.15, 0.2) is 18.2 Å². The van der Waals surface area contributed by atoms with E-state index in [4.69, 9.17) is 28.4 Å². The second-order valence-electron chi connectivity index (χ2n) is 12.6. The van der Waals surface area contributed by atoms with Crippen molar-refractivity contribution in [1.82, 2.24) is 5.32 Å². The van der Waals surface area contributed by atoms with E-state index in [9.17, 15) is 24.3 Å². The molecule has 0 saturated carbocycles. The van der Waals surface area contributed by atoms with Gasteiger partial charge >= 0.3 is 24.4 Å². The molecular formula is C29H45NO11. The minimum Gasteiger partial charge on any atom is -0.480 e. The first kappa shape index (κ1) is 35.5. The van der Waals surface area contributed by atoms with Crippen molar-refractivity contribution in [3.8, 4) is 11.5 Å². The highest BCUT2D eigenvalue weighted by Crippen LogP contribution is 2.30. The normalized spacial score (nSPS) is 13.1. The van der Waals surface area contributed by atoms with Gasteiger partial charge in [-0.25, -0.2) is 14.4 Å². The van der Waals surface area contributed by atoms with Crippen molar-refractivity contribution >= 4 is 24.4 Å². The molecule has 12 nitrogen and oxygen atoms in total. The first-order valence-corrected chi connectivity index (χ1v) is 13.5. The Morgan fingerprint density at radius 1 is 0.805 bits per heavy atom. The van der Waals surface area contributed by atoms with Crippen LogP contribution >= 0.6 is 0 Å². The first-order chi connectivity index (χ1) is 18.8. The van der Waals surface area contributed by atoms with Crippen LogP contribution in [0.4, 0.5) is 14.4 Å². The van der Waals surface area contributed by atoms with Crippen molar-refractivity contribution < 1.29 is 52.7 Å². The van der Waals surface area contributed by atoms with Crippen LogP contribution in [-0.2, 0) is 30.2 Å². The quantitative estimate of drug-likeness (QED) is 0.169. The van der Waals surface area contributed by atoms with Crippen molar-refractivity contribution in [1.29, 1.82) is 0 Å². The molecule has 2 N–H and O–H groups in total. The summed E-state index contributed by atoms with van der Waals surface area (Å²) in [5.74, 6) is -1.27. The van der Waals surface area contributed by atoms with Gasteiger partial charge in [0.05, 0.1) is 19.8 Å². The third-order valence-electron chi connectivity index (χ3n) is 4.86. The summed E-state index contributed by atoms with van der Waals surface area (Å²) in [4.78, 5) is 48.3. The third-order valence-corrected chi connectivity index (χ3v) is 4.86. The fourth-order valence-electron chi connectivity index (χ4n) is 2.90. The average Bonchev–Trinajstić information content (AvgIpc) is 2.83. The number of ether oxygens (including phenoxy) is 6. The van der Waals surface area contributed by atoms with Gasteiger partial charge in [-0.2, -0.15) is 0 Å². The molecule has 0 fully saturated rings. The minimum atomic E-state index is -1.15. The molecular weight excluding hydrogens is 538 g/mol. The van der Waals surface area contributed by atoms with Gasteiger partial charge in [0.2, 0.25) is 0 Å². The Morgan fingerprint density at radius 2 is 1.34 bits per heavy atom. The highest BCUT2D eigenvalue weighted by Gasteiger charge is 2.24. The van der Waals surface area contributed by atoms with Gasteiger partial charge in [-0.15, -0.1) is 0 Å². The maximum atomic E-state index is 12.4. The maximum Gasteiger partial charge on any atom is 0.513 e. The lowest BCUT2D eigenvalue weighted by atomic mass is 9.99. The molecule has 0 aromatic heterocycles. The molecule has 12 heteroatoms. The molecule has 0 heterocycles. The van der Waals surface area contributed by atoms with Gasteiger partial charge in [0, 0.05) is 6.54 Å². The predicted octanol–water partition coefficient (Wildman–Crippen LogP) is 5.59. The topological polar surface area (TPSA) is 156 Å². The van der Waals surface area contributed by atoms with Crippen LogP contribution < -0.4 is 14.8 Å². The molecule has 0 amide bonds. The van der Waals surface area contributed by atoms with Gasteiger partial charge in [-0.3, -0.25) is 4.79 Å². The summed E-state index contributed by atoms with van der Waals surface area (Å²) in [5.41, 5.74) is -0.165. The molecule has 0 saturated heterocycles. The standard InChI is InChI=1S/C29H45NO11/c1-18(2)15-36-25(33)39-19(3)14-30-21(24(31)32)12-20-10-11-22(40-26(34)37-16-28(4,5)6)23(13-20)41-27(35)38-17-29(7,8)9/h10-11,13,18-19,21,30H,12,14-17H2,1-9H3,(H,31,32)/t19?,21-/m0/s1. The summed E-state index contributed by atoms with van der Waals surface area (Å²) in [6.07, 6.45) is -3.55. The number of nitrogens with one attached hydrogen (secondary N) is 1. The second kappa shape index (κ2) is 16.0. The Kier molecular flexibility index (Phi) is 13.9. The van der Waals surface area contributed by atoms with Crippen LogP contribution in [0.5, 0.6) is 11.5 Å². The monoisotopic (exact) mass is 583 g/mol. The summed E-state index contributed by atoms with van der Waals surface area (Å²) in [6.45, 7) is 17.1. The molecule has 1 aromatic carbocycles. The molecule has 0 aliphatic heterocycles. The molecule has 232 valence electrons. The number of carboxylic acids is 1. The van der Waals surface area contributed by atoms with Crippen molar-refractivity contribution in [3.05, 3.63) is 23.8 Å². The zero-order chi connectivity index (χ0) is 31.4. The van der Waals surface area contributed by atoms with E-state index in [0.717, 1.165) is 0 Å². The van der Waals surface area contributed by atoms with Gasteiger partial charge in [-0.1, -0.05) is 61.5 Å². The molecule has 0 aliphatic carbocycles. The average molecular weight is 584 g/mol. The number of carboxylic acid groups (broad SMARTS) is 1. The van der Waals surface area contributed by atoms with E-state index in [-0.39, 0.29) is 61.0 Å². The van der Waals surface area contributed by atoms with E-state index in [1.54, 1.807) is 6.92 Å². The number of hydrogen-bond acceptors (Lipinski definition) is 11. The second-order valence-corrected chi connectivity index (χ2v) is 12.6. The van der Waals surface area contributed by atoms with Crippen molar-refractivity contribution in [2.75, 3.05) is 26.4 Å². The van der Waals surface area contributed by atoms with E-state index in [1.807, 2.05) is 55.4 Å². The molecule has 1 aromatic rings.